The average molecular weight is 416 g/mol. The lowest BCUT2D eigenvalue weighted by molar-refractivity contribution is -0.113. The van der Waals surface area contributed by atoms with E-state index in [4.69, 9.17) is 5.73 Å². The number of hydrogen-bond donors (Lipinski definition) is 2. The Morgan fingerprint density at radius 1 is 1.22 bits per heavy atom. The topological polar surface area (TPSA) is 85.1 Å². The number of rotatable bonds is 6. The van der Waals surface area contributed by atoms with Crippen LogP contribution in [-0.2, 0) is 17.6 Å². The van der Waals surface area contributed by atoms with Crippen LogP contribution in [0.5, 0.6) is 0 Å². The Morgan fingerprint density at radius 2 is 2.04 bits per heavy atom. The number of amides is 2. The number of thiazole rings is 1. The molecule has 2 amide bonds. The van der Waals surface area contributed by atoms with Gasteiger partial charge in [0.2, 0.25) is 5.91 Å². The lowest BCUT2D eigenvalue weighted by Gasteiger charge is -2.05. The number of thioether (sulfide) groups is 1. The van der Waals surface area contributed by atoms with E-state index >= 15 is 0 Å². The fourth-order valence-electron chi connectivity index (χ4n) is 3.11. The standard InChI is InChI=1S/C19H17N3O2S3/c20-17(24)16-12-7-4-8-14(12)27-18(16)22-15(23)10-26-19-21-13(9-25-19)11-5-2-1-3-6-11/h1-3,5-6,9H,4,7-8,10H2,(H2,20,24)(H,22,23). The van der Waals surface area contributed by atoms with Crippen LogP contribution in [0.1, 0.15) is 27.2 Å². The van der Waals surface area contributed by atoms with Gasteiger partial charge in [-0.05, 0) is 24.8 Å². The zero-order valence-corrected chi connectivity index (χ0v) is 16.8. The summed E-state index contributed by atoms with van der Waals surface area (Å²) in [4.78, 5) is 29.9. The first-order valence-corrected chi connectivity index (χ1v) is 11.2. The number of anilines is 1. The van der Waals surface area contributed by atoms with E-state index in [0.29, 0.717) is 10.6 Å². The second-order valence-electron chi connectivity index (χ2n) is 6.13. The number of hydrogen-bond acceptors (Lipinski definition) is 6. The maximum absolute atomic E-state index is 12.4. The van der Waals surface area contributed by atoms with E-state index in [9.17, 15) is 9.59 Å². The van der Waals surface area contributed by atoms with Crippen LogP contribution < -0.4 is 11.1 Å². The quantitative estimate of drug-likeness (QED) is 0.591. The highest BCUT2D eigenvalue weighted by atomic mass is 32.2. The number of nitrogens with one attached hydrogen (secondary N) is 1. The molecule has 3 N–H and O–H groups in total. The molecule has 0 radical (unpaired) electrons. The largest absolute Gasteiger partial charge is 0.365 e. The van der Waals surface area contributed by atoms with E-state index in [-0.39, 0.29) is 11.7 Å². The summed E-state index contributed by atoms with van der Waals surface area (Å²) in [7, 11) is 0. The molecule has 27 heavy (non-hydrogen) atoms. The van der Waals surface area contributed by atoms with Crippen LogP contribution in [0.25, 0.3) is 11.3 Å². The molecule has 4 rings (SSSR count). The zero-order valence-electron chi connectivity index (χ0n) is 14.4. The van der Waals surface area contributed by atoms with Gasteiger partial charge in [0.15, 0.2) is 4.34 Å². The van der Waals surface area contributed by atoms with Crippen molar-refractivity contribution in [2.75, 3.05) is 11.1 Å². The number of aromatic nitrogens is 1. The summed E-state index contributed by atoms with van der Waals surface area (Å²) in [5.41, 5.74) is 9.01. The van der Waals surface area contributed by atoms with Crippen molar-refractivity contribution in [1.29, 1.82) is 0 Å². The van der Waals surface area contributed by atoms with Crippen molar-refractivity contribution in [3.63, 3.8) is 0 Å². The Hall–Kier alpha value is -2.16. The second-order valence-corrected chi connectivity index (χ2v) is 9.31. The van der Waals surface area contributed by atoms with Gasteiger partial charge < -0.3 is 11.1 Å². The molecular formula is C19H17N3O2S3. The minimum atomic E-state index is -0.468. The van der Waals surface area contributed by atoms with Crippen LogP contribution in [-0.4, -0.2) is 22.6 Å². The molecule has 3 aromatic rings. The molecule has 0 saturated carbocycles. The van der Waals surface area contributed by atoms with Crippen molar-refractivity contribution >= 4 is 51.3 Å². The number of thiophene rings is 1. The first-order valence-electron chi connectivity index (χ1n) is 8.50. The van der Waals surface area contributed by atoms with Gasteiger partial charge in [-0.25, -0.2) is 4.98 Å². The van der Waals surface area contributed by atoms with E-state index < -0.39 is 5.91 Å². The molecule has 0 spiro atoms. The molecule has 0 atom stereocenters. The van der Waals surface area contributed by atoms with Gasteiger partial charge in [0.1, 0.15) is 5.00 Å². The highest BCUT2D eigenvalue weighted by molar-refractivity contribution is 8.01. The molecule has 0 bridgehead atoms. The molecule has 1 aliphatic rings. The van der Waals surface area contributed by atoms with Gasteiger partial charge in [0.25, 0.3) is 5.91 Å². The molecule has 0 aliphatic heterocycles. The Labute approximate surface area is 169 Å². The van der Waals surface area contributed by atoms with Gasteiger partial charge >= 0.3 is 0 Å². The monoisotopic (exact) mass is 415 g/mol. The fourth-order valence-corrected chi connectivity index (χ4v) is 6.05. The molecule has 2 heterocycles. The molecule has 0 unspecified atom stereocenters. The van der Waals surface area contributed by atoms with Gasteiger partial charge in [-0.15, -0.1) is 22.7 Å². The Bertz CT molecular complexity index is 995. The van der Waals surface area contributed by atoms with Gasteiger partial charge in [-0.2, -0.15) is 0 Å². The van der Waals surface area contributed by atoms with E-state index in [2.05, 4.69) is 10.3 Å². The predicted molar refractivity (Wildman–Crippen MR) is 112 cm³/mol. The highest BCUT2D eigenvalue weighted by Crippen LogP contribution is 2.39. The van der Waals surface area contributed by atoms with Crippen molar-refractivity contribution < 1.29 is 9.59 Å². The third-order valence-corrected chi connectivity index (χ3v) is 7.53. The van der Waals surface area contributed by atoms with Crippen molar-refractivity contribution in [2.24, 2.45) is 5.73 Å². The second kappa shape index (κ2) is 7.84. The van der Waals surface area contributed by atoms with Crippen LogP contribution in [0.2, 0.25) is 0 Å². The molecule has 0 saturated heterocycles. The summed E-state index contributed by atoms with van der Waals surface area (Å²) in [6.45, 7) is 0. The third-order valence-electron chi connectivity index (χ3n) is 4.30. The number of carbonyl (C=O) groups excluding carboxylic acids is 2. The van der Waals surface area contributed by atoms with Gasteiger partial charge in [-0.1, -0.05) is 42.1 Å². The van der Waals surface area contributed by atoms with E-state index in [1.54, 1.807) is 0 Å². The number of nitrogens with zero attached hydrogens (tertiary/aromatic N) is 1. The summed E-state index contributed by atoms with van der Waals surface area (Å²) < 4.78 is 0.841. The van der Waals surface area contributed by atoms with Crippen LogP contribution in [0.4, 0.5) is 5.00 Å². The number of fused-ring (bicyclic) bond motifs is 1. The van der Waals surface area contributed by atoms with Crippen molar-refractivity contribution in [1.82, 2.24) is 4.98 Å². The molecule has 1 aromatic carbocycles. The maximum atomic E-state index is 12.4. The van der Waals surface area contributed by atoms with Crippen LogP contribution >= 0.6 is 34.4 Å². The third kappa shape index (κ3) is 3.92. The van der Waals surface area contributed by atoms with Gasteiger partial charge in [-0.3, -0.25) is 9.59 Å². The normalized spacial score (nSPS) is 12.7. The average Bonchev–Trinajstić information content (AvgIpc) is 3.36. The molecular weight excluding hydrogens is 398 g/mol. The van der Waals surface area contributed by atoms with Gasteiger partial charge in [0, 0.05) is 15.8 Å². The Kier molecular flexibility index (Phi) is 5.29. The molecule has 2 aromatic heterocycles. The summed E-state index contributed by atoms with van der Waals surface area (Å²) in [6, 6.07) is 9.94. The molecule has 0 fully saturated rings. The molecule has 138 valence electrons. The Morgan fingerprint density at radius 3 is 2.81 bits per heavy atom. The number of benzene rings is 1. The number of aryl methyl sites for hydroxylation is 1. The SMILES string of the molecule is NC(=O)c1c(NC(=O)CSc2nc(-c3ccccc3)cs2)sc2c1CCC2. The molecule has 8 heteroatoms. The molecule has 1 aliphatic carbocycles. The van der Waals surface area contributed by atoms with Crippen LogP contribution in [0.3, 0.4) is 0 Å². The van der Waals surface area contributed by atoms with E-state index in [1.165, 1.54) is 39.3 Å². The summed E-state index contributed by atoms with van der Waals surface area (Å²) in [6.07, 6.45) is 2.85. The summed E-state index contributed by atoms with van der Waals surface area (Å²) in [5.74, 6) is -0.383. The van der Waals surface area contributed by atoms with Gasteiger partial charge in [0.05, 0.1) is 17.0 Å². The predicted octanol–water partition coefficient (Wildman–Crippen LogP) is 4.19. The first-order chi connectivity index (χ1) is 13.1. The van der Waals surface area contributed by atoms with Crippen molar-refractivity contribution in [2.45, 2.75) is 23.6 Å². The fraction of sp³-hybridized carbons (Fsp3) is 0.211. The highest BCUT2D eigenvalue weighted by Gasteiger charge is 2.26. The number of carbonyl (C=O) groups is 2. The lowest BCUT2D eigenvalue weighted by atomic mass is 10.1. The van der Waals surface area contributed by atoms with Crippen molar-refractivity contribution in [3.05, 3.63) is 51.7 Å². The van der Waals surface area contributed by atoms with E-state index in [0.717, 1.165) is 40.4 Å². The minimum absolute atomic E-state index is 0.154. The van der Waals surface area contributed by atoms with Crippen molar-refractivity contribution in [3.8, 4) is 11.3 Å². The number of nitrogens with two attached hydrogens (primary N) is 1. The smallest absolute Gasteiger partial charge is 0.251 e. The van der Waals surface area contributed by atoms with Crippen LogP contribution in [0.15, 0.2) is 40.1 Å². The number of primary amides is 1. The molecule has 5 nitrogen and oxygen atoms in total. The Balaban J connectivity index is 1.40. The minimum Gasteiger partial charge on any atom is -0.365 e. The maximum Gasteiger partial charge on any atom is 0.251 e. The van der Waals surface area contributed by atoms with Crippen LogP contribution in [0, 0.1) is 0 Å². The lowest BCUT2D eigenvalue weighted by Crippen LogP contribution is -2.18. The summed E-state index contributed by atoms with van der Waals surface area (Å²) >= 11 is 4.39. The van der Waals surface area contributed by atoms with E-state index in [1.807, 2.05) is 35.7 Å². The zero-order chi connectivity index (χ0) is 18.8. The first kappa shape index (κ1) is 18.2. The summed E-state index contributed by atoms with van der Waals surface area (Å²) in [5, 5.41) is 5.44.